The predicted molar refractivity (Wildman–Crippen MR) is 106 cm³/mol. The first-order valence-electron chi connectivity index (χ1n) is 8.34. The second kappa shape index (κ2) is 8.24. The predicted octanol–water partition coefficient (Wildman–Crippen LogP) is 3.28. The van der Waals surface area contributed by atoms with Gasteiger partial charge in [0.15, 0.2) is 11.5 Å². The maximum Gasteiger partial charge on any atom is 0.230 e. The maximum atomic E-state index is 10.8. The summed E-state index contributed by atoms with van der Waals surface area (Å²) in [4.78, 5) is 7.65. The van der Waals surface area contributed by atoms with Crippen LogP contribution in [0.5, 0.6) is 17.4 Å². The molecule has 27 heavy (non-hydrogen) atoms. The Kier molecular flexibility index (Phi) is 5.78. The Morgan fingerprint density at radius 2 is 2.00 bits per heavy atom. The van der Waals surface area contributed by atoms with E-state index in [-0.39, 0.29) is 11.9 Å². The van der Waals surface area contributed by atoms with E-state index in [4.69, 9.17) is 9.47 Å². The average molecular weight is 386 g/mol. The van der Waals surface area contributed by atoms with Gasteiger partial charge in [-0.1, -0.05) is 35.6 Å². The number of fused-ring (bicyclic) bond motifs is 1. The zero-order valence-corrected chi connectivity index (χ0v) is 16.1. The lowest BCUT2D eigenvalue weighted by Gasteiger charge is -2.30. The summed E-state index contributed by atoms with van der Waals surface area (Å²) >= 11 is 1.38. The van der Waals surface area contributed by atoms with E-state index in [1.54, 1.807) is 14.2 Å². The van der Waals surface area contributed by atoms with Crippen molar-refractivity contribution in [1.29, 1.82) is 0 Å². The molecule has 2 aromatic heterocycles. The van der Waals surface area contributed by atoms with E-state index in [1.165, 1.54) is 22.2 Å². The lowest BCUT2D eigenvalue weighted by Crippen LogP contribution is -2.30. The summed E-state index contributed by atoms with van der Waals surface area (Å²) in [5.41, 5.74) is 0.861. The number of benzene rings is 1. The summed E-state index contributed by atoms with van der Waals surface area (Å²) in [6.07, 6.45) is 5.05. The molecular formula is C19H22N4O3S. The SMILES string of the molecule is C=CCN(CC=C)C(c1cccc(OC)c1OC)c1sc2ncnn2c1O. The minimum absolute atomic E-state index is 0.0560. The van der Waals surface area contributed by atoms with Gasteiger partial charge in [0.25, 0.3) is 0 Å². The van der Waals surface area contributed by atoms with Crippen LogP contribution in [0.4, 0.5) is 0 Å². The third kappa shape index (κ3) is 3.41. The number of methoxy groups -OCH3 is 2. The maximum absolute atomic E-state index is 10.8. The Morgan fingerprint density at radius 3 is 2.59 bits per heavy atom. The van der Waals surface area contributed by atoms with Crippen LogP contribution >= 0.6 is 11.3 Å². The highest BCUT2D eigenvalue weighted by atomic mass is 32.1. The Hall–Kier alpha value is -2.84. The molecule has 142 valence electrons. The molecule has 3 rings (SSSR count). The largest absolute Gasteiger partial charge is 0.493 e. The summed E-state index contributed by atoms with van der Waals surface area (Å²) in [7, 11) is 3.20. The van der Waals surface area contributed by atoms with Gasteiger partial charge in [-0.15, -0.1) is 13.2 Å². The van der Waals surface area contributed by atoms with Crippen LogP contribution < -0.4 is 9.47 Å². The normalized spacial score (nSPS) is 12.3. The lowest BCUT2D eigenvalue weighted by atomic mass is 10.0. The fraction of sp³-hybridized carbons (Fsp3) is 0.263. The van der Waals surface area contributed by atoms with Crippen molar-refractivity contribution >= 4 is 16.3 Å². The molecule has 0 aliphatic carbocycles. The summed E-state index contributed by atoms with van der Waals surface area (Å²) in [6.45, 7) is 8.90. The molecule has 1 atom stereocenters. The first-order valence-corrected chi connectivity index (χ1v) is 9.16. The zero-order valence-electron chi connectivity index (χ0n) is 15.3. The number of ether oxygens (including phenoxy) is 2. The van der Waals surface area contributed by atoms with Gasteiger partial charge in [0.1, 0.15) is 6.33 Å². The quantitative estimate of drug-likeness (QED) is 0.569. The van der Waals surface area contributed by atoms with E-state index in [0.717, 1.165) is 5.56 Å². The van der Waals surface area contributed by atoms with E-state index in [9.17, 15) is 5.11 Å². The summed E-state index contributed by atoms with van der Waals surface area (Å²) < 4.78 is 12.5. The molecule has 0 saturated heterocycles. The van der Waals surface area contributed by atoms with Gasteiger partial charge in [-0.05, 0) is 6.07 Å². The number of aromatic nitrogens is 3. The van der Waals surface area contributed by atoms with Gasteiger partial charge in [0.05, 0.1) is 25.1 Å². The number of rotatable bonds is 9. The van der Waals surface area contributed by atoms with Crippen LogP contribution in [0.2, 0.25) is 0 Å². The van der Waals surface area contributed by atoms with Crippen molar-refractivity contribution in [3.8, 4) is 17.4 Å². The van der Waals surface area contributed by atoms with Crippen LogP contribution in [-0.4, -0.2) is 51.9 Å². The van der Waals surface area contributed by atoms with Crippen molar-refractivity contribution in [3.05, 3.63) is 60.3 Å². The van der Waals surface area contributed by atoms with Gasteiger partial charge in [0.2, 0.25) is 10.8 Å². The van der Waals surface area contributed by atoms with Crippen LogP contribution in [0.15, 0.2) is 49.8 Å². The monoisotopic (exact) mass is 386 g/mol. The van der Waals surface area contributed by atoms with Crippen LogP contribution in [0.25, 0.3) is 4.96 Å². The van der Waals surface area contributed by atoms with E-state index >= 15 is 0 Å². The van der Waals surface area contributed by atoms with Gasteiger partial charge in [-0.3, -0.25) is 4.90 Å². The number of para-hydroxylation sites is 1. The van der Waals surface area contributed by atoms with Crippen molar-refractivity contribution < 1.29 is 14.6 Å². The Labute approximate surface area is 161 Å². The molecule has 2 heterocycles. The zero-order chi connectivity index (χ0) is 19.4. The molecular weight excluding hydrogens is 364 g/mol. The van der Waals surface area contributed by atoms with Crippen LogP contribution in [-0.2, 0) is 0 Å². The third-order valence-corrected chi connectivity index (χ3v) is 5.29. The molecule has 1 N–H and O–H groups in total. The Balaban J connectivity index is 2.24. The second-order valence-corrected chi connectivity index (χ2v) is 6.77. The second-order valence-electron chi connectivity index (χ2n) is 5.76. The first-order chi connectivity index (χ1) is 13.2. The van der Waals surface area contributed by atoms with E-state index in [0.29, 0.717) is 34.4 Å². The van der Waals surface area contributed by atoms with Gasteiger partial charge in [-0.2, -0.15) is 9.61 Å². The minimum atomic E-state index is -0.320. The Bertz CT molecular complexity index is 940. The minimum Gasteiger partial charge on any atom is -0.493 e. The van der Waals surface area contributed by atoms with Crippen molar-refractivity contribution in [2.75, 3.05) is 27.3 Å². The van der Waals surface area contributed by atoms with Gasteiger partial charge in [-0.25, -0.2) is 4.98 Å². The van der Waals surface area contributed by atoms with Crippen molar-refractivity contribution in [3.63, 3.8) is 0 Å². The molecule has 8 heteroatoms. The van der Waals surface area contributed by atoms with Crippen LogP contribution in [0.3, 0.4) is 0 Å². The van der Waals surface area contributed by atoms with Gasteiger partial charge < -0.3 is 14.6 Å². The number of hydrogen-bond acceptors (Lipinski definition) is 7. The molecule has 1 unspecified atom stereocenters. The topological polar surface area (TPSA) is 72.1 Å². The standard InChI is InChI=1S/C19H22N4O3S/c1-5-10-22(11-6-2)15(13-8-7-9-14(25-3)16(13)26-4)17-18(24)23-19(27-17)20-12-21-23/h5-9,12,15,24H,1-2,10-11H2,3-4H3. The molecule has 0 radical (unpaired) electrons. The fourth-order valence-electron chi connectivity index (χ4n) is 3.12. The molecule has 0 aliphatic heterocycles. The number of nitrogens with zero attached hydrogens (tertiary/aromatic N) is 4. The summed E-state index contributed by atoms with van der Waals surface area (Å²) in [5, 5.41) is 14.9. The average Bonchev–Trinajstić information content (AvgIpc) is 3.25. The highest BCUT2D eigenvalue weighted by Gasteiger charge is 2.31. The number of thiazole rings is 1. The highest BCUT2D eigenvalue weighted by Crippen LogP contribution is 2.45. The smallest absolute Gasteiger partial charge is 0.230 e. The van der Waals surface area contributed by atoms with Gasteiger partial charge in [0, 0.05) is 18.7 Å². The molecule has 0 amide bonds. The molecule has 0 spiro atoms. The third-order valence-electron chi connectivity index (χ3n) is 4.21. The molecule has 0 fully saturated rings. The molecule has 3 aromatic rings. The fourth-order valence-corrected chi connectivity index (χ4v) is 4.20. The Morgan fingerprint density at radius 1 is 1.26 bits per heavy atom. The molecule has 0 aliphatic rings. The number of aromatic hydroxyl groups is 1. The van der Waals surface area contributed by atoms with Gasteiger partial charge >= 0.3 is 0 Å². The van der Waals surface area contributed by atoms with E-state index < -0.39 is 0 Å². The van der Waals surface area contributed by atoms with Crippen LogP contribution in [0, 0.1) is 0 Å². The molecule has 1 aromatic carbocycles. The van der Waals surface area contributed by atoms with Crippen molar-refractivity contribution in [1.82, 2.24) is 19.5 Å². The first kappa shape index (κ1) is 18.9. The van der Waals surface area contributed by atoms with Crippen LogP contribution in [0.1, 0.15) is 16.5 Å². The summed E-state index contributed by atoms with van der Waals surface area (Å²) in [6, 6.07) is 5.38. The van der Waals surface area contributed by atoms with Crippen molar-refractivity contribution in [2.24, 2.45) is 0 Å². The molecule has 0 bridgehead atoms. The van der Waals surface area contributed by atoms with E-state index in [2.05, 4.69) is 28.1 Å². The lowest BCUT2D eigenvalue weighted by molar-refractivity contribution is 0.264. The molecule has 7 nitrogen and oxygen atoms in total. The number of hydrogen-bond donors (Lipinski definition) is 1. The molecule has 0 saturated carbocycles. The summed E-state index contributed by atoms with van der Waals surface area (Å²) in [5.74, 6) is 1.29. The highest BCUT2D eigenvalue weighted by molar-refractivity contribution is 7.17. The van der Waals surface area contributed by atoms with E-state index in [1.807, 2.05) is 30.4 Å². The van der Waals surface area contributed by atoms with Crippen molar-refractivity contribution in [2.45, 2.75) is 6.04 Å².